The molecule has 0 aromatic carbocycles. The first-order chi connectivity index (χ1) is 8.63. The summed E-state index contributed by atoms with van der Waals surface area (Å²) >= 11 is 7.22. The van der Waals surface area contributed by atoms with Crippen LogP contribution in [0, 0.1) is 13.8 Å². The first-order valence-corrected chi connectivity index (χ1v) is 8.52. The molecule has 2 rings (SSSR count). The van der Waals surface area contributed by atoms with Crippen molar-refractivity contribution in [3.8, 4) is 0 Å². The average Bonchev–Trinajstić information content (AvgIpc) is 2.87. The second-order valence-corrected chi connectivity index (χ2v) is 7.24. The quantitative estimate of drug-likeness (QED) is 0.852. The maximum atomic E-state index is 4.55. The number of hydrogen-bond acceptors (Lipinski definition) is 4. The summed E-state index contributed by atoms with van der Waals surface area (Å²) in [4.78, 5) is 7.23. The highest BCUT2D eigenvalue weighted by Crippen LogP contribution is 2.36. The van der Waals surface area contributed by atoms with Crippen LogP contribution in [0.5, 0.6) is 0 Å². The lowest BCUT2D eigenvalue weighted by molar-refractivity contribution is 0.608. The Kier molecular flexibility index (Phi) is 4.95. The summed E-state index contributed by atoms with van der Waals surface area (Å²) in [5, 5.41) is 6.90. The van der Waals surface area contributed by atoms with Gasteiger partial charge in [-0.05, 0) is 54.2 Å². The van der Waals surface area contributed by atoms with E-state index in [-0.39, 0.29) is 6.04 Å². The van der Waals surface area contributed by atoms with Crippen LogP contribution in [0.25, 0.3) is 0 Å². The standard InChI is InChI=1S/C13H17BrN2S2/c1-4-6-15-11(13-10(14)5-7-17-13)12-8(2)16-9(3)18-12/h5,7,11,15H,4,6H2,1-3H3. The lowest BCUT2D eigenvalue weighted by Crippen LogP contribution is -2.22. The van der Waals surface area contributed by atoms with Gasteiger partial charge in [-0.25, -0.2) is 4.98 Å². The van der Waals surface area contributed by atoms with Gasteiger partial charge in [0.05, 0.1) is 16.7 Å². The third-order valence-corrected chi connectivity index (χ3v) is 5.78. The van der Waals surface area contributed by atoms with E-state index in [0.29, 0.717) is 0 Å². The largest absolute Gasteiger partial charge is 0.305 e. The predicted octanol–water partition coefficient (Wildman–Crippen LogP) is 4.67. The molecule has 5 heteroatoms. The maximum Gasteiger partial charge on any atom is 0.0900 e. The molecule has 18 heavy (non-hydrogen) atoms. The van der Waals surface area contributed by atoms with Crippen LogP contribution in [0.15, 0.2) is 15.9 Å². The molecule has 0 spiro atoms. The number of thiophene rings is 1. The van der Waals surface area contributed by atoms with Crippen molar-refractivity contribution in [2.45, 2.75) is 33.2 Å². The third kappa shape index (κ3) is 3.02. The van der Waals surface area contributed by atoms with Gasteiger partial charge in [-0.15, -0.1) is 22.7 Å². The Labute approximate surface area is 125 Å². The summed E-state index contributed by atoms with van der Waals surface area (Å²) in [6.45, 7) is 7.38. The summed E-state index contributed by atoms with van der Waals surface area (Å²) in [5.74, 6) is 0. The molecule has 98 valence electrons. The minimum absolute atomic E-state index is 0.269. The number of thiazole rings is 1. The van der Waals surface area contributed by atoms with Crippen molar-refractivity contribution in [2.24, 2.45) is 0 Å². The van der Waals surface area contributed by atoms with Crippen LogP contribution < -0.4 is 5.32 Å². The molecule has 2 nitrogen and oxygen atoms in total. The van der Waals surface area contributed by atoms with Crippen molar-refractivity contribution in [2.75, 3.05) is 6.54 Å². The van der Waals surface area contributed by atoms with Crippen LogP contribution >= 0.6 is 38.6 Å². The zero-order chi connectivity index (χ0) is 13.1. The summed E-state index contributed by atoms with van der Waals surface area (Å²) in [6, 6.07) is 2.38. The summed E-state index contributed by atoms with van der Waals surface area (Å²) in [5.41, 5.74) is 1.14. The first kappa shape index (κ1) is 14.2. The highest BCUT2D eigenvalue weighted by Gasteiger charge is 2.21. The molecule has 2 heterocycles. The first-order valence-electron chi connectivity index (χ1n) is 6.03. The van der Waals surface area contributed by atoms with E-state index in [0.717, 1.165) is 23.7 Å². The predicted molar refractivity (Wildman–Crippen MR) is 83.7 cm³/mol. The monoisotopic (exact) mass is 344 g/mol. The summed E-state index contributed by atoms with van der Waals surface area (Å²) < 4.78 is 1.19. The van der Waals surface area contributed by atoms with Gasteiger partial charge in [0.25, 0.3) is 0 Å². The molecular formula is C13H17BrN2S2. The van der Waals surface area contributed by atoms with Crippen molar-refractivity contribution in [1.29, 1.82) is 0 Å². The Morgan fingerprint density at radius 2 is 2.17 bits per heavy atom. The fraction of sp³-hybridized carbons (Fsp3) is 0.462. The molecule has 0 fully saturated rings. The Hall–Kier alpha value is -0.230. The highest BCUT2D eigenvalue weighted by molar-refractivity contribution is 9.10. The Balaban J connectivity index is 2.37. The lowest BCUT2D eigenvalue weighted by Gasteiger charge is -2.17. The van der Waals surface area contributed by atoms with E-state index in [1.54, 1.807) is 22.7 Å². The molecule has 1 atom stereocenters. The van der Waals surface area contributed by atoms with Gasteiger partial charge in [-0.3, -0.25) is 0 Å². The topological polar surface area (TPSA) is 24.9 Å². The number of halogens is 1. The molecule has 0 amide bonds. The van der Waals surface area contributed by atoms with Crippen LogP contribution in [-0.2, 0) is 0 Å². The Morgan fingerprint density at radius 3 is 2.67 bits per heavy atom. The van der Waals surface area contributed by atoms with E-state index >= 15 is 0 Å². The normalized spacial score (nSPS) is 12.9. The average molecular weight is 345 g/mol. The SMILES string of the molecule is CCCNC(c1sccc1Br)c1sc(C)nc1C. The molecule has 0 aliphatic heterocycles. The van der Waals surface area contributed by atoms with Gasteiger partial charge in [0.2, 0.25) is 0 Å². The number of nitrogens with one attached hydrogen (secondary N) is 1. The van der Waals surface area contributed by atoms with E-state index in [2.05, 4.69) is 58.4 Å². The molecule has 0 saturated heterocycles. The minimum Gasteiger partial charge on any atom is -0.305 e. The second kappa shape index (κ2) is 6.28. The summed E-state index contributed by atoms with van der Waals surface area (Å²) in [7, 11) is 0. The number of aryl methyl sites for hydroxylation is 2. The van der Waals surface area contributed by atoms with Gasteiger partial charge in [0, 0.05) is 14.2 Å². The van der Waals surface area contributed by atoms with Crippen LogP contribution in [-0.4, -0.2) is 11.5 Å². The van der Waals surface area contributed by atoms with Gasteiger partial charge >= 0.3 is 0 Å². The maximum absolute atomic E-state index is 4.55. The van der Waals surface area contributed by atoms with E-state index in [4.69, 9.17) is 0 Å². The van der Waals surface area contributed by atoms with Crippen molar-refractivity contribution in [1.82, 2.24) is 10.3 Å². The molecule has 0 radical (unpaired) electrons. The van der Waals surface area contributed by atoms with Gasteiger partial charge < -0.3 is 5.32 Å². The van der Waals surface area contributed by atoms with E-state index in [1.807, 2.05) is 0 Å². The summed E-state index contributed by atoms with van der Waals surface area (Å²) in [6.07, 6.45) is 1.14. The molecule has 0 bridgehead atoms. The van der Waals surface area contributed by atoms with Crippen molar-refractivity contribution >= 4 is 38.6 Å². The lowest BCUT2D eigenvalue weighted by atomic mass is 10.1. The number of aromatic nitrogens is 1. The van der Waals surface area contributed by atoms with Crippen molar-refractivity contribution < 1.29 is 0 Å². The molecule has 2 aromatic heterocycles. The van der Waals surface area contributed by atoms with Gasteiger partial charge in [-0.1, -0.05) is 6.92 Å². The van der Waals surface area contributed by atoms with E-state index < -0.39 is 0 Å². The van der Waals surface area contributed by atoms with Gasteiger partial charge in [0.1, 0.15) is 0 Å². The molecule has 0 saturated carbocycles. The molecule has 0 aliphatic rings. The third-order valence-electron chi connectivity index (χ3n) is 2.71. The number of hydrogen-bond donors (Lipinski definition) is 1. The Bertz CT molecular complexity index is 519. The molecular weight excluding hydrogens is 328 g/mol. The highest BCUT2D eigenvalue weighted by atomic mass is 79.9. The van der Waals surface area contributed by atoms with Crippen LogP contribution in [0.2, 0.25) is 0 Å². The number of nitrogens with zero attached hydrogens (tertiary/aromatic N) is 1. The van der Waals surface area contributed by atoms with Crippen LogP contribution in [0.3, 0.4) is 0 Å². The van der Waals surface area contributed by atoms with Gasteiger partial charge in [0.15, 0.2) is 0 Å². The molecule has 1 unspecified atom stereocenters. The zero-order valence-corrected chi connectivity index (χ0v) is 14.0. The van der Waals surface area contributed by atoms with Crippen LogP contribution in [0.1, 0.15) is 39.8 Å². The van der Waals surface area contributed by atoms with Crippen LogP contribution in [0.4, 0.5) is 0 Å². The fourth-order valence-corrected chi connectivity index (χ4v) is 4.69. The van der Waals surface area contributed by atoms with E-state index in [1.165, 1.54) is 14.2 Å². The second-order valence-electron chi connectivity index (χ2n) is 4.20. The minimum atomic E-state index is 0.269. The molecule has 2 aromatic rings. The fourth-order valence-electron chi connectivity index (χ4n) is 1.92. The zero-order valence-electron chi connectivity index (χ0n) is 10.8. The molecule has 0 aliphatic carbocycles. The smallest absolute Gasteiger partial charge is 0.0900 e. The Morgan fingerprint density at radius 1 is 1.39 bits per heavy atom. The van der Waals surface area contributed by atoms with Crippen molar-refractivity contribution in [3.63, 3.8) is 0 Å². The molecule has 1 N–H and O–H groups in total. The van der Waals surface area contributed by atoms with Crippen molar-refractivity contribution in [3.05, 3.63) is 36.4 Å². The van der Waals surface area contributed by atoms with E-state index in [9.17, 15) is 0 Å². The number of rotatable bonds is 5. The van der Waals surface area contributed by atoms with Gasteiger partial charge in [-0.2, -0.15) is 0 Å².